The van der Waals surface area contributed by atoms with Gasteiger partial charge in [-0.05, 0) is 44.4 Å². The number of carbonyl (C=O) groups is 1. The monoisotopic (exact) mass is 417 g/mol. The van der Waals surface area contributed by atoms with E-state index in [0.29, 0.717) is 18.7 Å². The molecule has 2 fully saturated rings. The summed E-state index contributed by atoms with van der Waals surface area (Å²) in [6.45, 7) is 6.94. The zero-order valence-electron chi connectivity index (χ0n) is 17.9. The van der Waals surface area contributed by atoms with Crippen molar-refractivity contribution in [2.45, 2.75) is 26.2 Å². The molecule has 8 heteroatoms. The zero-order chi connectivity index (χ0) is 21.2. The second-order valence-electron chi connectivity index (χ2n) is 8.25. The molecule has 0 saturated carbocycles. The van der Waals surface area contributed by atoms with Crippen molar-refractivity contribution in [2.75, 3.05) is 49.1 Å². The van der Waals surface area contributed by atoms with Crippen molar-refractivity contribution < 1.29 is 4.79 Å². The van der Waals surface area contributed by atoms with E-state index in [0.717, 1.165) is 54.7 Å². The van der Waals surface area contributed by atoms with Crippen LogP contribution in [-0.4, -0.2) is 70.0 Å². The third-order valence-electron chi connectivity index (χ3n) is 6.07. The van der Waals surface area contributed by atoms with E-state index in [2.05, 4.69) is 24.8 Å². The number of hydrogen-bond donors (Lipinski definition) is 0. The molecule has 0 radical (unpaired) electrons. The first kappa shape index (κ1) is 19.7. The maximum atomic E-state index is 13.0. The summed E-state index contributed by atoms with van der Waals surface area (Å²) in [5.41, 5.74) is 3.19. The number of aromatic nitrogens is 4. The highest BCUT2D eigenvalue weighted by molar-refractivity contribution is 5.97. The van der Waals surface area contributed by atoms with Crippen LogP contribution in [0.2, 0.25) is 0 Å². The van der Waals surface area contributed by atoms with Crippen LogP contribution in [0.5, 0.6) is 0 Å². The maximum Gasteiger partial charge on any atom is 0.254 e. The molecule has 4 heterocycles. The van der Waals surface area contributed by atoms with E-state index in [1.165, 1.54) is 19.3 Å². The van der Waals surface area contributed by atoms with Gasteiger partial charge in [-0.3, -0.25) is 14.8 Å². The van der Waals surface area contributed by atoms with E-state index in [1.807, 2.05) is 36.1 Å². The van der Waals surface area contributed by atoms with Crippen LogP contribution in [-0.2, 0) is 0 Å². The first-order valence-corrected chi connectivity index (χ1v) is 11.0. The maximum absolute atomic E-state index is 13.0. The van der Waals surface area contributed by atoms with E-state index in [4.69, 9.17) is 4.98 Å². The minimum Gasteiger partial charge on any atom is -0.353 e. The Morgan fingerprint density at radius 1 is 0.806 bits per heavy atom. The largest absolute Gasteiger partial charge is 0.353 e. The molecule has 3 aromatic rings. The molecule has 0 N–H and O–H groups in total. The fraction of sp³-hybridized carbons (Fsp3) is 0.435. The van der Waals surface area contributed by atoms with Gasteiger partial charge in [-0.15, -0.1) is 0 Å². The summed E-state index contributed by atoms with van der Waals surface area (Å²) in [5, 5.41) is 0. The number of piperazine rings is 1. The molecule has 2 aromatic heterocycles. The number of aryl methyl sites for hydroxylation is 1. The van der Waals surface area contributed by atoms with Crippen LogP contribution in [0.4, 0.5) is 11.8 Å². The first-order valence-electron chi connectivity index (χ1n) is 11.0. The lowest BCUT2D eigenvalue weighted by molar-refractivity contribution is 0.0746. The Morgan fingerprint density at radius 3 is 2.32 bits per heavy atom. The molecule has 31 heavy (non-hydrogen) atoms. The van der Waals surface area contributed by atoms with Crippen LogP contribution < -0.4 is 9.80 Å². The minimum atomic E-state index is 0.0417. The van der Waals surface area contributed by atoms with Crippen molar-refractivity contribution in [1.82, 2.24) is 24.8 Å². The Kier molecular flexibility index (Phi) is 5.36. The van der Waals surface area contributed by atoms with Gasteiger partial charge in [-0.2, -0.15) is 4.98 Å². The van der Waals surface area contributed by atoms with Gasteiger partial charge in [-0.25, -0.2) is 4.98 Å². The third kappa shape index (κ3) is 4.15. The van der Waals surface area contributed by atoms with Crippen molar-refractivity contribution >= 4 is 28.7 Å². The van der Waals surface area contributed by atoms with Gasteiger partial charge in [0.15, 0.2) is 0 Å². The summed E-state index contributed by atoms with van der Waals surface area (Å²) in [6.07, 6.45) is 7.00. The number of rotatable bonds is 3. The molecule has 2 aliphatic rings. The predicted molar refractivity (Wildman–Crippen MR) is 120 cm³/mol. The van der Waals surface area contributed by atoms with Crippen molar-refractivity contribution in [2.24, 2.45) is 0 Å². The third-order valence-corrected chi connectivity index (χ3v) is 6.07. The fourth-order valence-electron chi connectivity index (χ4n) is 4.35. The molecule has 2 aliphatic heterocycles. The van der Waals surface area contributed by atoms with Gasteiger partial charge in [0, 0.05) is 69.0 Å². The quantitative estimate of drug-likeness (QED) is 0.648. The smallest absolute Gasteiger partial charge is 0.254 e. The van der Waals surface area contributed by atoms with Crippen LogP contribution >= 0.6 is 0 Å². The molecule has 8 nitrogen and oxygen atoms in total. The summed E-state index contributed by atoms with van der Waals surface area (Å²) in [4.78, 5) is 37.6. The predicted octanol–water partition coefficient (Wildman–Crippen LogP) is 2.68. The molecule has 2 saturated heterocycles. The number of amides is 1. The van der Waals surface area contributed by atoms with E-state index < -0.39 is 0 Å². The lowest BCUT2D eigenvalue weighted by atomic mass is 10.1. The highest BCUT2D eigenvalue weighted by Crippen LogP contribution is 2.22. The highest BCUT2D eigenvalue weighted by Gasteiger charge is 2.24. The molecular formula is C23H27N7O. The normalized spacial score (nSPS) is 17.3. The fourth-order valence-corrected chi connectivity index (χ4v) is 4.35. The van der Waals surface area contributed by atoms with Gasteiger partial charge in [0.25, 0.3) is 5.91 Å². The Bertz CT molecular complexity index is 1090. The number of carbonyl (C=O) groups excluding carboxylic acids is 1. The molecule has 5 rings (SSSR count). The van der Waals surface area contributed by atoms with Gasteiger partial charge in [0.05, 0.1) is 11.0 Å². The average molecular weight is 418 g/mol. The molecule has 0 unspecified atom stereocenters. The number of piperidine rings is 1. The van der Waals surface area contributed by atoms with Gasteiger partial charge in [-0.1, -0.05) is 0 Å². The van der Waals surface area contributed by atoms with Crippen LogP contribution in [0, 0.1) is 6.92 Å². The molecular weight excluding hydrogens is 390 g/mol. The molecule has 0 spiro atoms. The zero-order valence-corrected chi connectivity index (χ0v) is 17.9. The average Bonchev–Trinajstić information content (AvgIpc) is 2.83. The minimum absolute atomic E-state index is 0.0417. The Hall–Kier alpha value is -3.29. The van der Waals surface area contributed by atoms with Crippen LogP contribution in [0.25, 0.3) is 11.0 Å². The number of hydrogen-bond acceptors (Lipinski definition) is 7. The molecule has 160 valence electrons. The van der Waals surface area contributed by atoms with E-state index >= 15 is 0 Å². The van der Waals surface area contributed by atoms with Gasteiger partial charge < -0.3 is 14.7 Å². The summed E-state index contributed by atoms with van der Waals surface area (Å²) < 4.78 is 0. The van der Waals surface area contributed by atoms with E-state index in [-0.39, 0.29) is 5.91 Å². The number of benzene rings is 1. The second kappa shape index (κ2) is 8.45. The van der Waals surface area contributed by atoms with Gasteiger partial charge in [0.1, 0.15) is 5.82 Å². The summed E-state index contributed by atoms with van der Waals surface area (Å²) in [5.74, 6) is 1.84. The van der Waals surface area contributed by atoms with Crippen LogP contribution in [0.1, 0.15) is 35.3 Å². The lowest BCUT2D eigenvalue weighted by Gasteiger charge is -2.36. The topological polar surface area (TPSA) is 78.3 Å². The van der Waals surface area contributed by atoms with Gasteiger partial charge >= 0.3 is 0 Å². The SMILES string of the molecule is Cc1cc(N2CCN(C(=O)c3ccc4nccnc4c3)CC2)nc(N2CCCCC2)n1. The van der Waals surface area contributed by atoms with Crippen molar-refractivity contribution in [3.05, 3.63) is 47.9 Å². The summed E-state index contributed by atoms with van der Waals surface area (Å²) >= 11 is 0. The van der Waals surface area contributed by atoms with Gasteiger partial charge in [0.2, 0.25) is 5.95 Å². The highest BCUT2D eigenvalue weighted by atomic mass is 16.2. The Morgan fingerprint density at radius 2 is 1.55 bits per heavy atom. The van der Waals surface area contributed by atoms with E-state index in [9.17, 15) is 4.79 Å². The van der Waals surface area contributed by atoms with Crippen LogP contribution in [0.3, 0.4) is 0 Å². The number of nitrogens with zero attached hydrogens (tertiary/aromatic N) is 7. The molecule has 0 bridgehead atoms. The van der Waals surface area contributed by atoms with E-state index in [1.54, 1.807) is 12.4 Å². The Balaban J connectivity index is 1.27. The summed E-state index contributed by atoms with van der Waals surface area (Å²) in [6, 6.07) is 7.57. The lowest BCUT2D eigenvalue weighted by Crippen LogP contribution is -2.49. The molecule has 1 aromatic carbocycles. The molecule has 1 amide bonds. The Labute approximate surface area is 181 Å². The van der Waals surface area contributed by atoms with Crippen molar-refractivity contribution in [3.8, 4) is 0 Å². The van der Waals surface area contributed by atoms with Crippen molar-refractivity contribution in [3.63, 3.8) is 0 Å². The molecule has 0 aliphatic carbocycles. The standard InChI is InChI=1S/C23H27N7O/c1-17-15-21(27-23(26-17)30-9-3-2-4-10-30)28-11-13-29(14-12-28)22(31)18-5-6-19-20(16-18)25-8-7-24-19/h5-8,15-16H,2-4,9-14H2,1H3. The summed E-state index contributed by atoms with van der Waals surface area (Å²) in [7, 11) is 0. The van der Waals surface area contributed by atoms with Crippen LogP contribution in [0.15, 0.2) is 36.7 Å². The number of anilines is 2. The molecule has 0 atom stereocenters. The van der Waals surface area contributed by atoms with Crippen molar-refractivity contribution in [1.29, 1.82) is 0 Å². The second-order valence-corrected chi connectivity index (χ2v) is 8.25. The number of fused-ring (bicyclic) bond motifs is 1. The first-order chi connectivity index (χ1) is 15.2.